The van der Waals surface area contributed by atoms with Gasteiger partial charge in [-0.05, 0) is 38.1 Å². The Balaban J connectivity index is 2.26. The Bertz CT molecular complexity index is 889. The quantitative estimate of drug-likeness (QED) is 0.533. The van der Waals surface area contributed by atoms with Crippen LogP contribution >= 0.6 is 0 Å². The van der Waals surface area contributed by atoms with Crippen molar-refractivity contribution in [3.05, 3.63) is 24.3 Å². The Morgan fingerprint density at radius 2 is 1.93 bits per heavy atom. The first-order chi connectivity index (χ1) is 13.8. The maximum atomic E-state index is 13.2. The van der Waals surface area contributed by atoms with Crippen molar-refractivity contribution in [1.82, 2.24) is 14.5 Å². The van der Waals surface area contributed by atoms with Crippen molar-refractivity contribution in [3.63, 3.8) is 0 Å². The smallest absolute Gasteiger partial charge is 0.326 e. The SMILES string of the molecule is CC#CCOc1ccc(S(=O)(=O)N2CCN(C(=O)NC)CC2C(=O)OCC)cc1. The van der Waals surface area contributed by atoms with Gasteiger partial charge in [-0.3, -0.25) is 4.79 Å². The van der Waals surface area contributed by atoms with Gasteiger partial charge in [-0.25, -0.2) is 13.2 Å². The van der Waals surface area contributed by atoms with E-state index in [1.807, 2.05) is 0 Å². The molecule has 1 aromatic carbocycles. The summed E-state index contributed by atoms with van der Waals surface area (Å²) < 4.78 is 37.8. The molecule has 1 atom stereocenters. The van der Waals surface area contributed by atoms with E-state index in [0.29, 0.717) is 5.75 Å². The van der Waals surface area contributed by atoms with Crippen molar-refractivity contribution in [3.8, 4) is 17.6 Å². The van der Waals surface area contributed by atoms with Crippen molar-refractivity contribution in [2.45, 2.75) is 24.8 Å². The van der Waals surface area contributed by atoms with Gasteiger partial charge >= 0.3 is 12.0 Å². The lowest BCUT2D eigenvalue weighted by Gasteiger charge is -2.38. The molecule has 10 heteroatoms. The van der Waals surface area contributed by atoms with E-state index in [0.717, 1.165) is 4.31 Å². The minimum absolute atomic E-state index is 0.0223. The Morgan fingerprint density at radius 3 is 2.52 bits per heavy atom. The zero-order valence-electron chi connectivity index (χ0n) is 16.7. The number of carbonyl (C=O) groups excluding carboxylic acids is 2. The normalized spacial score (nSPS) is 17.1. The first-order valence-electron chi connectivity index (χ1n) is 9.12. The third kappa shape index (κ3) is 5.40. The van der Waals surface area contributed by atoms with Gasteiger partial charge in [-0.2, -0.15) is 4.31 Å². The van der Waals surface area contributed by atoms with E-state index in [4.69, 9.17) is 9.47 Å². The minimum atomic E-state index is -3.98. The minimum Gasteiger partial charge on any atom is -0.481 e. The third-order valence-corrected chi connectivity index (χ3v) is 6.23. The van der Waals surface area contributed by atoms with Crippen LogP contribution in [0.1, 0.15) is 13.8 Å². The Hall–Kier alpha value is -2.77. The number of benzene rings is 1. The molecule has 1 fully saturated rings. The molecule has 29 heavy (non-hydrogen) atoms. The lowest BCUT2D eigenvalue weighted by molar-refractivity contribution is -0.149. The average molecular weight is 423 g/mol. The lowest BCUT2D eigenvalue weighted by Crippen LogP contribution is -2.60. The van der Waals surface area contributed by atoms with Crippen LogP contribution in [0.3, 0.4) is 0 Å². The number of hydrogen-bond donors (Lipinski definition) is 1. The van der Waals surface area contributed by atoms with Crippen LogP contribution in [0.2, 0.25) is 0 Å². The van der Waals surface area contributed by atoms with Crippen LogP contribution in [0.25, 0.3) is 0 Å². The van der Waals surface area contributed by atoms with Crippen molar-refractivity contribution in [2.75, 3.05) is 39.9 Å². The molecule has 0 aliphatic carbocycles. The first-order valence-corrected chi connectivity index (χ1v) is 10.6. The van der Waals surface area contributed by atoms with Gasteiger partial charge in [0.2, 0.25) is 10.0 Å². The molecule has 1 N–H and O–H groups in total. The number of esters is 1. The second-order valence-corrected chi connectivity index (χ2v) is 7.96. The van der Waals surface area contributed by atoms with Gasteiger partial charge < -0.3 is 19.7 Å². The number of rotatable bonds is 6. The summed E-state index contributed by atoms with van der Waals surface area (Å²) in [4.78, 5) is 25.8. The lowest BCUT2D eigenvalue weighted by atomic mass is 10.2. The molecule has 0 aromatic heterocycles. The summed E-state index contributed by atoms with van der Waals surface area (Å²) in [6, 6.07) is 4.39. The van der Waals surface area contributed by atoms with Gasteiger partial charge in [0.1, 0.15) is 18.4 Å². The number of piperazine rings is 1. The highest BCUT2D eigenvalue weighted by molar-refractivity contribution is 7.89. The summed E-state index contributed by atoms with van der Waals surface area (Å²) in [5.41, 5.74) is 0. The maximum absolute atomic E-state index is 13.2. The third-order valence-electron chi connectivity index (χ3n) is 4.31. The molecule has 0 saturated carbocycles. The fourth-order valence-corrected chi connectivity index (χ4v) is 4.42. The second-order valence-electron chi connectivity index (χ2n) is 6.07. The van der Waals surface area contributed by atoms with Crippen molar-refractivity contribution in [2.24, 2.45) is 0 Å². The molecule has 2 amide bonds. The summed E-state index contributed by atoms with van der Waals surface area (Å²) in [5, 5.41) is 2.48. The van der Waals surface area contributed by atoms with Crippen LogP contribution in [0.4, 0.5) is 4.79 Å². The fourth-order valence-electron chi connectivity index (χ4n) is 2.86. The zero-order valence-corrected chi connectivity index (χ0v) is 17.5. The molecule has 2 rings (SSSR count). The fraction of sp³-hybridized carbons (Fsp3) is 0.474. The Morgan fingerprint density at radius 1 is 1.24 bits per heavy atom. The molecule has 1 unspecified atom stereocenters. The van der Waals surface area contributed by atoms with Crippen LogP contribution < -0.4 is 10.1 Å². The molecular weight excluding hydrogens is 398 g/mol. The summed E-state index contributed by atoms with van der Waals surface area (Å²) in [6.45, 7) is 3.69. The summed E-state index contributed by atoms with van der Waals surface area (Å²) in [5.74, 6) is 5.25. The molecule has 1 aliphatic heterocycles. The number of ether oxygens (including phenoxy) is 2. The second kappa shape index (κ2) is 10.1. The van der Waals surface area contributed by atoms with Crippen LogP contribution in [-0.2, 0) is 19.6 Å². The molecule has 1 aliphatic rings. The van der Waals surface area contributed by atoms with Gasteiger partial charge in [-0.15, -0.1) is 5.92 Å². The zero-order chi connectivity index (χ0) is 21.4. The average Bonchev–Trinajstić information content (AvgIpc) is 2.73. The molecule has 0 radical (unpaired) electrons. The van der Waals surface area contributed by atoms with Crippen molar-refractivity contribution >= 4 is 22.0 Å². The van der Waals surface area contributed by atoms with Gasteiger partial charge in [-0.1, -0.05) is 5.92 Å². The highest BCUT2D eigenvalue weighted by atomic mass is 32.2. The molecule has 9 nitrogen and oxygen atoms in total. The van der Waals surface area contributed by atoms with E-state index in [1.54, 1.807) is 13.8 Å². The highest BCUT2D eigenvalue weighted by Gasteiger charge is 2.42. The Kier molecular flexibility index (Phi) is 7.87. The molecule has 1 saturated heterocycles. The highest BCUT2D eigenvalue weighted by Crippen LogP contribution is 2.24. The van der Waals surface area contributed by atoms with Gasteiger partial charge in [0.15, 0.2) is 0 Å². The predicted molar refractivity (Wildman–Crippen MR) is 106 cm³/mol. The molecule has 1 aromatic rings. The Labute approximate surface area is 171 Å². The van der Waals surface area contributed by atoms with Gasteiger partial charge in [0.25, 0.3) is 0 Å². The summed E-state index contributed by atoms with van der Waals surface area (Å²) in [6.07, 6.45) is 0. The van der Waals surface area contributed by atoms with Crippen LogP contribution in [0, 0.1) is 11.8 Å². The molecule has 0 bridgehead atoms. The standard InChI is InChI=1S/C19H25N3O6S/c1-4-6-13-28-15-7-9-16(10-8-15)29(25,26)22-12-11-21(19(24)20-3)14-17(22)18(23)27-5-2/h7-10,17H,5,11-14H2,1-3H3,(H,20,24). The summed E-state index contributed by atoms with van der Waals surface area (Å²) >= 11 is 0. The maximum Gasteiger partial charge on any atom is 0.326 e. The van der Waals surface area contributed by atoms with E-state index >= 15 is 0 Å². The number of urea groups is 1. The number of hydrogen-bond acceptors (Lipinski definition) is 6. The molecule has 1 heterocycles. The number of amides is 2. The van der Waals surface area contributed by atoms with Crippen molar-refractivity contribution in [1.29, 1.82) is 0 Å². The number of carbonyl (C=O) groups is 2. The van der Waals surface area contributed by atoms with Crippen LogP contribution in [-0.4, -0.2) is 75.6 Å². The predicted octanol–water partition coefficient (Wildman–Crippen LogP) is 0.666. The van der Waals surface area contributed by atoms with Gasteiger partial charge in [0, 0.05) is 26.7 Å². The molecular formula is C19H25N3O6S. The number of nitrogens with zero attached hydrogens (tertiary/aromatic N) is 2. The topological polar surface area (TPSA) is 105 Å². The largest absolute Gasteiger partial charge is 0.481 e. The first kappa shape index (κ1) is 22.5. The number of sulfonamides is 1. The van der Waals surface area contributed by atoms with E-state index in [2.05, 4.69) is 17.2 Å². The molecule has 0 spiro atoms. The van der Waals surface area contributed by atoms with E-state index in [9.17, 15) is 18.0 Å². The molecule has 158 valence electrons. The van der Waals surface area contributed by atoms with Gasteiger partial charge in [0.05, 0.1) is 11.5 Å². The monoisotopic (exact) mass is 423 g/mol. The van der Waals surface area contributed by atoms with E-state index < -0.39 is 22.0 Å². The van der Waals surface area contributed by atoms with E-state index in [-0.39, 0.29) is 43.8 Å². The number of nitrogens with one attached hydrogen (secondary N) is 1. The van der Waals surface area contributed by atoms with E-state index in [1.165, 1.54) is 36.2 Å². The van der Waals surface area contributed by atoms with Crippen molar-refractivity contribution < 1.29 is 27.5 Å². The summed E-state index contributed by atoms with van der Waals surface area (Å²) in [7, 11) is -2.51. The van der Waals surface area contributed by atoms with Crippen LogP contribution in [0.15, 0.2) is 29.2 Å². The van der Waals surface area contributed by atoms with Crippen LogP contribution in [0.5, 0.6) is 5.75 Å².